The Morgan fingerprint density at radius 1 is 1.19 bits per heavy atom. The molecule has 3 rings (SSSR count). The zero-order valence-electron chi connectivity index (χ0n) is 15.2. The lowest BCUT2D eigenvalue weighted by Gasteiger charge is -2.10. The van der Waals surface area contributed by atoms with Gasteiger partial charge in [0.25, 0.3) is 5.91 Å². The molecule has 0 fully saturated rings. The van der Waals surface area contributed by atoms with E-state index in [1.165, 1.54) is 6.07 Å². The summed E-state index contributed by atoms with van der Waals surface area (Å²) in [7, 11) is 0. The summed E-state index contributed by atoms with van der Waals surface area (Å²) in [6, 6.07) is 16.3. The van der Waals surface area contributed by atoms with E-state index in [0.717, 1.165) is 23.2 Å². The van der Waals surface area contributed by atoms with Gasteiger partial charge in [0.15, 0.2) is 0 Å². The number of nitrogens with one attached hydrogen (secondary N) is 1. The van der Waals surface area contributed by atoms with Crippen molar-refractivity contribution in [2.24, 2.45) is 0 Å². The third-order valence-electron chi connectivity index (χ3n) is 4.35. The summed E-state index contributed by atoms with van der Waals surface area (Å²) in [6.07, 6.45) is 0.838. The number of nitrogens with zero attached hydrogens (tertiary/aromatic N) is 3. The number of aryl methyl sites for hydroxylation is 2. The minimum atomic E-state index is -0.509. The molecule has 1 N–H and O–H groups in total. The van der Waals surface area contributed by atoms with Crippen LogP contribution in [0.25, 0.3) is 0 Å². The van der Waals surface area contributed by atoms with Crippen LogP contribution >= 0.6 is 0 Å². The lowest BCUT2D eigenvalue weighted by molar-refractivity contribution is -0.389. The van der Waals surface area contributed by atoms with Crippen molar-refractivity contribution >= 4 is 17.4 Å². The Labute approximate surface area is 156 Å². The molecule has 2 aromatic carbocycles. The van der Waals surface area contributed by atoms with Gasteiger partial charge in [-0.1, -0.05) is 37.3 Å². The van der Waals surface area contributed by atoms with Crippen molar-refractivity contribution in [1.82, 2.24) is 9.78 Å². The van der Waals surface area contributed by atoms with Gasteiger partial charge >= 0.3 is 5.82 Å². The molecule has 0 atom stereocenters. The molecule has 0 aliphatic carbocycles. The molecular weight excluding hydrogens is 344 g/mol. The number of para-hydroxylation sites is 1. The van der Waals surface area contributed by atoms with Gasteiger partial charge in [-0.2, -0.15) is 4.68 Å². The second-order valence-corrected chi connectivity index (χ2v) is 6.22. The first-order valence-corrected chi connectivity index (χ1v) is 8.65. The summed E-state index contributed by atoms with van der Waals surface area (Å²) >= 11 is 0. The van der Waals surface area contributed by atoms with Gasteiger partial charge in [-0.3, -0.25) is 4.79 Å². The molecule has 0 saturated carbocycles. The summed E-state index contributed by atoms with van der Waals surface area (Å²) in [5.74, 6) is -0.341. The Balaban J connectivity index is 1.71. The fraction of sp³-hybridized carbons (Fsp3) is 0.200. The number of nitro groups is 1. The smallest absolute Gasteiger partial charge is 0.358 e. The van der Waals surface area contributed by atoms with Gasteiger partial charge in [0.2, 0.25) is 0 Å². The summed E-state index contributed by atoms with van der Waals surface area (Å²) < 4.78 is 1.57. The number of amides is 1. The van der Waals surface area contributed by atoms with E-state index in [1.54, 1.807) is 23.7 Å². The topological polar surface area (TPSA) is 90.1 Å². The highest BCUT2D eigenvalue weighted by molar-refractivity contribution is 6.04. The maximum absolute atomic E-state index is 12.5. The maximum atomic E-state index is 12.5. The lowest BCUT2D eigenvalue weighted by Crippen LogP contribution is -2.13. The van der Waals surface area contributed by atoms with E-state index in [-0.39, 0.29) is 11.7 Å². The Morgan fingerprint density at radius 2 is 1.89 bits per heavy atom. The van der Waals surface area contributed by atoms with Gasteiger partial charge in [-0.05, 0) is 47.6 Å². The first-order chi connectivity index (χ1) is 13.0. The zero-order chi connectivity index (χ0) is 19.4. The van der Waals surface area contributed by atoms with Crippen molar-refractivity contribution in [1.29, 1.82) is 0 Å². The molecule has 1 aromatic heterocycles. The average Bonchev–Trinajstić information content (AvgIpc) is 3.03. The van der Waals surface area contributed by atoms with Crippen LogP contribution in [0.5, 0.6) is 0 Å². The molecule has 0 radical (unpaired) electrons. The highest BCUT2D eigenvalue weighted by Gasteiger charge is 2.15. The minimum absolute atomic E-state index is 0.168. The molecule has 0 spiro atoms. The van der Waals surface area contributed by atoms with Crippen molar-refractivity contribution in [3.8, 4) is 0 Å². The fourth-order valence-corrected chi connectivity index (χ4v) is 2.82. The Morgan fingerprint density at radius 3 is 2.52 bits per heavy atom. The van der Waals surface area contributed by atoms with Gasteiger partial charge in [0.05, 0.1) is 23.4 Å². The van der Waals surface area contributed by atoms with Crippen LogP contribution in [0.15, 0.2) is 54.6 Å². The number of anilines is 1. The van der Waals surface area contributed by atoms with Gasteiger partial charge in [0, 0.05) is 11.3 Å². The van der Waals surface area contributed by atoms with Crippen LogP contribution in [0.2, 0.25) is 0 Å². The number of aromatic nitrogens is 2. The second kappa shape index (κ2) is 7.82. The van der Waals surface area contributed by atoms with Crippen LogP contribution in [-0.2, 0) is 13.0 Å². The number of rotatable bonds is 6. The Bertz CT molecular complexity index is 977. The van der Waals surface area contributed by atoms with E-state index in [4.69, 9.17) is 0 Å². The molecule has 7 nitrogen and oxygen atoms in total. The summed E-state index contributed by atoms with van der Waals surface area (Å²) in [5, 5.41) is 17.7. The number of benzene rings is 2. The van der Waals surface area contributed by atoms with Crippen molar-refractivity contribution in [3.63, 3.8) is 0 Å². The summed E-state index contributed by atoms with van der Waals surface area (Å²) in [5.41, 5.74) is 4.06. The van der Waals surface area contributed by atoms with E-state index in [1.807, 2.05) is 43.3 Å². The van der Waals surface area contributed by atoms with Crippen molar-refractivity contribution < 1.29 is 9.72 Å². The third-order valence-corrected chi connectivity index (χ3v) is 4.35. The summed E-state index contributed by atoms with van der Waals surface area (Å²) in [6.45, 7) is 4.22. The molecule has 0 saturated heterocycles. The molecule has 3 aromatic rings. The van der Waals surface area contributed by atoms with Crippen LogP contribution in [0.1, 0.15) is 34.1 Å². The molecule has 1 heterocycles. The Kier molecular flexibility index (Phi) is 5.30. The number of carbonyl (C=O) groups excluding carboxylic acids is 1. The molecule has 27 heavy (non-hydrogen) atoms. The largest absolute Gasteiger partial charge is 0.390 e. The van der Waals surface area contributed by atoms with Crippen LogP contribution in [0.4, 0.5) is 11.5 Å². The molecule has 0 aliphatic rings. The molecule has 0 bridgehead atoms. The molecular formula is C20H20N4O3. The number of hydrogen-bond donors (Lipinski definition) is 1. The number of hydrogen-bond acceptors (Lipinski definition) is 4. The highest BCUT2D eigenvalue weighted by Crippen LogP contribution is 2.17. The molecule has 138 valence electrons. The second-order valence-electron chi connectivity index (χ2n) is 6.22. The van der Waals surface area contributed by atoms with E-state index < -0.39 is 4.92 Å². The van der Waals surface area contributed by atoms with Crippen LogP contribution < -0.4 is 5.32 Å². The number of carbonyl (C=O) groups is 1. The van der Waals surface area contributed by atoms with E-state index in [0.29, 0.717) is 17.8 Å². The van der Waals surface area contributed by atoms with Gasteiger partial charge in [-0.15, -0.1) is 0 Å². The van der Waals surface area contributed by atoms with E-state index >= 15 is 0 Å². The van der Waals surface area contributed by atoms with Gasteiger partial charge < -0.3 is 15.4 Å². The normalized spacial score (nSPS) is 10.6. The Hall–Kier alpha value is -3.48. The first kappa shape index (κ1) is 18.3. The quantitative estimate of drug-likeness (QED) is 0.529. The zero-order valence-corrected chi connectivity index (χ0v) is 15.2. The van der Waals surface area contributed by atoms with Crippen molar-refractivity contribution in [2.45, 2.75) is 26.8 Å². The van der Waals surface area contributed by atoms with Crippen LogP contribution in [0.3, 0.4) is 0 Å². The highest BCUT2D eigenvalue weighted by atomic mass is 16.6. The van der Waals surface area contributed by atoms with Crippen molar-refractivity contribution in [3.05, 3.63) is 87.1 Å². The van der Waals surface area contributed by atoms with E-state index in [2.05, 4.69) is 10.4 Å². The molecule has 7 heteroatoms. The van der Waals surface area contributed by atoms with Crippen LogP contribution in [0, 0.1) is 17.0 Å². The molecule has 0 unspecified atom stereocenters. The van der Waals surface area contributed by atoms with E-state index in [9.17, 15) is 14.9 Å². The predicted octanol–water partition coefficient (Wildman–Crippen LogP) is 3.96. The lowest BCUT2D eigenvalue weighted by atomic mass is 10.1. The first-order valence-electron chi connectivity index (χ1n) is 8.65. The van der Waals surface area contributed by atoms with Gasteiger partial charge in [-0.25, -0.2) is 0 Å². The maximum Gasteiger partial charge on any atom is 0.390 e. The average molecular weight is 364 g/mol. The van der Waals surface area contributed by atoms with Gasteiger partial charge in [0.1, 0.15) is 0 Å². The monoisotopic (exact) mass is 364 g/mol. The summed E-state index contributed by atoms with van der Waals surface area (Å²) in [4.78, 5) is 22.8. The van der Waals surface area contributed by atoms with Crippen LogP contribution in [-0.4, -0.2) is 20.6 Å². The third kappa shape index (κ3) is 4.20. The standard InChI is InChI=1S/C20H20N4O3/c1-3-16-6-4-5-7-18(16)21-20(25)17-10-8-15(9-11-17)13-23-14(2)12-19(22-23)24(26)27/h4-12H,3,13H2,1-2H3,(H,21,25). The SMILES string of the molecule is CCc1ccccc1NC(=O)c1ccc(Cn2nc([N+](=O)[O-])cc2C)cc1. The van der Waals surface area contributed by atoms with Crippen molar-refractivity contribution in [2.75, 3.05) is 5.32 Å². The molecule has 1 amide bonds. The predicted molar refractivity (Wildman–Crippen MR) is 103 cm³/mol. The molecule has 0 aliphatic heterocycles. The minimum Gasteiger partial charge on any atom is -0.358 e. The fourth-order valence-electron chi connectivity index (χ4n) is 2.82.